The molecule has 0 bridgehead atoms. The summed E-state index contributed by atoms with van der Waals surface area (Å²) in [5.41, 5.74) is 5.69. The molecule has 0 saturated heterocycles. The summed E-state index contributed by atoms with van der Waals surface area (Å²) in [6.45, 7) is 22.1. The molecule has 6 aliphatic carbocycles. The van der Waals surface area contributed by atoms with Crippen LogP contribution in [0.25, 0.3) is 0 Å². The number of hydrogen-bond donors (Lipinski definition) is 5. The van der Waals surface area contributed by atoms with Crippen LogP contribution in [0.4, 0.5) is 0 Å². The van der Waals surface area contributed by atoms with Crippen molar-refractivity contribution in [1.29, 1.82) is 0 Å². The molecule has 25 heteroatoms. The molecule has 820 valence electrons. The van der Waals surface area contributed by atoms with E-state index in [4.69, 9.17) is 0 Å². The van der Waals surface area contributed by atoms with Crippen LogP contribution >= 0.6 is 113 Å². The number of nitrogens with zero attached hydrogens (tertiary/aromatic N) is 5. The Balaban J connectivity index is 0.000000208. The minimum atomic E-state index is -0.444. The monoisotopic (exact) mass is 2610 g/mol. The third kappa shape index (κ3) is 41.0. The molecule has 6 fully saturated rings. The van der Waals surface area contributed by atoms with Crippen molar-refractivity contribution in [2.45, 2.75) is 373 Å². The minimum absolute atomic E-state index is 0.00410. The summed E-state index contributed by atoms with van der Waals surface area (Å²) < 4.78 is 4.66. The van der Waals surface area contributed by atoms with Gasteiger partial charge >= 0.3 is 0 Å². The molecule has 7 aromatic carbocycles. The Hall–Kier alpha value is -7.37. The molecule has 13 rings (SSSR count). The van der Waals surface area contributed by atoms with Crippen LogP contribution in [0.5, 0.6) is 0 Å². The Labute approximate surface area is 968 Å². The Morgan fingerprint density at radius 2 is 0.520 bits per heavy atom. The summed E-state index contributed by atoms with van der Waals surface area (Å²) in [5.74, 6) is 1.15. The molecule has 6 saturated carbocycles. The van der Waals surface area contributed by atoms with Crippen LogP contribution in [0.1, 0.15) is 387 Å². The Morgan fingerprint density at radius 3 is 0.827 bits per heavy atom. The lowest BCUT2D eigenvalue weighted by Gasteiger charge is -2.43. The average Bonchev–Trinajstić information content (AvgIpc) is 0.799. The van der Waals surface area contributed by atoms with Crippen LogP contribution in [0, 0.1) is 47.4 Å². The van der Waals surface area contributed by atoms with Gasteiger partial charge in [-0.2, -0.15) is 0 Å². The van der Waals surface area contributed by atoms with Crippen molar-refractivity contribution < 1.29 is 47.9 Å². The molecule has 150 heavy (non-hydrogen) atoms. The summed E-state index contributed by atoms with van der Waals surface area (Å²) in [4.78, 5) is 145. The normalized spacial score (nSPS) is 16.2. The fraction of sp³-hybridized carbons (Fsp3) is 0.568. The van der Waals surface area contributed by atoms with E-state index in [1.54, 1.807) is 11.0 Å². The maximum atomic E-state index is 13.9. The molecule has 0 spiro atoms. The zero-order valence-electron chi connectivity index (χ0n) is 90.8. The van der Waals surface area contributed by atoms with Gasteiger partial charge in [0.2, 0.25) is 29.5 Å². The predicted octanol–water partition coefficient (Wildman–Crippen LogP) is 28.5. The van der Waals surface area contributed by atoms with Gasteiger partial charge < -0.3 is 51.1 Å². The molecule has 0 heterocycles. The third-order valence-corrected chi connectivity index (χ3v) is 35.3. The van der Waals surface area contributed by atoms with Crippen LogP contribution in [0.3, 0.4) is 0 Å². The standard InChI is InChI=1S/C27H35IN2O2.C26H33IN2O2.C25H37IN2O2.C25H39IN2O2.C22H31IN2O2/c1-2-3-19-29-26(31)25(22-14-8-5-9-15-22)30(20-18-21-12-6-4-7-13-21)27(32)23-16-10-11-17-24(23)28;1-2-3-18-28-25(30)24(21-14-8-5-9-15-21)29(19-20-12-6-4-7-13-20)26(31)22-16-10-11-17-23(22)27;1-2-3-18-27-24(29)23(19-12-6-4-7-13-19)28(20-14-8-5-9-15-20)25(30)21-16-10-11-17-22(21)26;1-3-5-7-13-19-28(25(30)21-16-11-12-17-22(21)26)23(20-14-9-8-10-15-20)24(29)27-18-6-4-2;1-3-5-15-24-21(26)20(17-11-7-6-8-12-17)25(16-4-2)22(27)18-13-9-10-14-19(18)23/h4,6-7,10-13,16-17,22,25H,2-3,5,8-9,14-15,18-20H2,1H3,(H,29,31);4,6-7,10-13,16-17,21,24H,2-3,5,8-9,14-15,18-19H2,1H3,(H,28,30);10-11,16-17,19-20,23H,2-9,12-15,18H2,1H3,(H,27,29);11-12,16-17,20,23H,3-10,13-15,18-19H2,1-2H3,(H,27,29);4,9-10,13-14,17,20H,2-3,5-8,11-12,15-16H2,1H3,(H,24,26). The van der Waals surface area contributed by atoms with Gasteiger partial charge in [-0.3, -0.25) is 47.9 Å². The Bertz CT molecular complexity index is 5170. The highest BCUT2D eigenvalue weighted by atomic mass is 127. The van der Waals surface area contributed by atoms with Gasteiger partial charge in [-0.05, 0) is 336 Å². The molecule has 7 aromatic rings. The fourth-order valence-electron chi connectivity index (χ4n) is 22.4. The van der Waals surface area contributed by atoms with Gasteiger partial charge in [0, 0.05) is 82.8 Å². The van der Waals surface area contributed by atoms with E-state index in [2.05, 4.69) is 200 Å². The average molecular weight is 2610 g/mol. The number of carbonyl (C=O) groups is 10. The van der Waals surface area contributed by atoms with E-state index in [1.807, 2.05) is 189 Å². The number of carbonyl (C=O) groups excluding carboxylic acids is 10. The SMILES string of the molecule is C=CCN(C(=O)c1ccccc1I)C(C(=O)NCCCC)C1CCCCC1.CCCCCCN(C(=O)c1ccccc1I)C(C(=O)NCCCC)C1CCCCC1.CCCCNC(=O)C(C1CCCCC1)N(C(=O)c1ccccc1I)C1CCCCC1.CCCCNC(=O)C(C1CCCCC1)N(CCc1ccccc1)C(=O)c1ccccc1I.CCCCNC(=O)C(C1CCCCC1)N(Cc1ccccc1)C(=O)c1ccccc1I. The Morgan fingerprint density at radius 1 is 0.273 bits per heavy atom. The predicted molar refractivity (Wildman–Crippen MR) is 654 cm³/mol. The van der Waals surface area contributed by atoms with E-state index < -0.39 is 18.1 Å². The molecule has 0 aliphatic heterocycles. The van der Waals surface area contributed by atoms with Crippen LogP contribution in [-0.4, -0.2) is 172 Å². The summed E-state index contributed by atoms with van der Waals surface area (Å²) >= 11 is 11.1. The summed E-state index contributed by atoms with van der Waals surface area (Å²) in [5, 5.41) is 15.7. The first-order valence-corrected chi connectivity index (χ1v) is 62.8. The lowest BCUT2D eigenvalue weighted by molar-refractivity contribution is -0.129. The first kappa shape index (κ1) is 126. The number of unbranched alkanes of at least 4 members (excludes halogenated alkanes) is 8. The zero-order chi connectivity index (χ0) is 108. The van der Waals surface area contributed by atoms with Gasteiger partial charge in [0.15, 0.2) is 0 Å². The molecule has 5 N–H and O–H groups in total. The minimum Gasteiger partial charge on any atom is -0.354 e. The van der Waals surface area contributed by atoms with Gasteiger partial charge in [-0.25, -0.2) is 0 Å². The van der Waals surface area contributed by atoms with Crippen LogP contribution < -0.4 is 26.6 Å². The van der Waals surface area contributed by atoms with Crippen molar-refractivity contribution in [3.05, 3.63) is 251 Å². The molecule has 0 aromatic heterocycles. The topological polar surface area (TPSA) is 247 Å². The summed E-state index contributed by atoms with van der Waals surface area (Å²) in [7, 11) is 0. The van der Waals surface area contributed by atoms with Crippen molar-refractivity contribution in [3.63, 3.8) is 0 Å². The maximum absolute atomic E-state index is 13.9. The molecule has 5 atom stereocenters. The molecule has 0 radical (unpaired) electrons. The van der Waals surface area contributed by atoms with E-state index >= 15 is 0 Å². The van der Waals surface area contributed by atoms with E-state index in [1.165, 1.54) is 63.4 Å². The van der Waals surface area contributed by atoms with Crippen molar-refractivity contribution in [1.82, 2.24) is 51.1 Å². The molecule has 6 aliphatic rings. The number of nitrogens with one attached hydrogen (secondary N) is 5. The van der Waals surface area contributed by atoms with E-state index in [0.717, 1.165) is 266 Å². The molecular weight excluding hydrogens is 2440 g/mol. The quantitative estimate of drug-likeness (QED) is 0.0137. The first-order chi connectivity index (χ1) is 73.0. The van der Waals surface area contributed by atoms with Crippen molar-refractivity contribution >= 4 is 172 Å². The Kier molecular flexibility index (Phi) is 60.9. The lowest BCUT2D eigenvalue weighted by atomic mass is 9.81. The second-order valence-electron chi connectivity index (χ2n) is 41.8. The van der Waals surface area contributed by atoms with Gasteiger partial charge in [-0.15, -0.1) is 6.58 Å². The van der Waals surface area contributed by atoms with Crippen molar-refractivity contribution in [3.8, 4) is 0 Å². The first-order valence-electron chi connectivity index (χ1n) is 57.4. The van der Waals surface area contributed by atoms with E-state index in [9.17, 15) is 47.9 Å². The highest BCUT2D eigenvalue weighted by Gasteiger charge is 2.45. The zero-order valence-corrected chi connectivity index (χ0v) is 102. The number of rotatable bonds is 48. The number of hydrogen-bond acceptors (Lipinski definition) is 10. The molecule has 10 amide bonds. The second-order valence-corrected chi connectivity index (χ2v) is 47.6. The second kappa shape index (κ2) is 72.4. The molecular formula is C125H175I5N10O10. The van der Waals surface area contributed by atoms with Crippen molar-refractivity contribution in [2.24, 2.45) is 29.6 Å². The van der Waals surface area contributed by atoms with Crippen LogP contribution in [0.15, 0.2) is 195 Å². The van der Waals surface area contributed by atoms with Crippen LogP contribution in [0.2, 0.25) is 0 Å². The highest BCUT2D eigenvalue weighted by Crippen LogP contribution is 2.40. The fourth-order valence-corrected chi connectivity index (χ4v) is 25.5. The highest BCUT2D eigenvalue weighted by molar-refractivity contribution is 14.1. The van der Waals surface area contributed by atoms with Gasteiger partial charge in [-0.1, -0.05) is 336 Å². The third-order valence-electron chi connectivity index (χ3n) is 30.6. The smallest absolute Gasteiger partial charge is 0.255 e. The largest absolute Gasteiger partial charge is 0.354 e. The molecule has 5 unspecified atom stereocenters. The summed E-state index contributed by atoms with van der Waals surface area (Å²) in [6.07, 6.45) is 50.2. The summed E-state index contributed by atoms with van der Waals surface area (Å²) in [6, 6.07) is 56.9. The number of halogens is 5. The number of benzene rings is 7. The molecule has 20 nitrogen and oxygen atoms in total. The van der Waals surface area contributed by atoms with Crippen molar-refractivity contribution in [2.75, 3.05) is 52.4 Å². The lowest BCUT2D eigenvalue weighted by Crippen LogP contribution is -2.58. The van der Waals surface area contributed by atoms with Gasteiger partial charge in [0.25, 0.3) is 29.5 Å². The van der Waals surface area contributed by atoms with Crippen LogP contribution in [-0.2, 0) is 36.9 Å². The number of amides is 10. The van der Waals surface area contributed by atoms with Gasteiger partial charge in [0.05, 0.1) is 27.8 Å². The van der Waals surface area contributed by atoms with Gasteiger partial charge in [0.1, 0.15) is 30.2 Å². The van der Waals surface area contributed by atoms with E-state index in [0.29, 0.717) is 75.6 Å². The van der Waals surface area contributed by atoms with E-state index in [-0.39, 0.29) is 107 Å². The maximum Gasteiger partial charge on any atom is 0.255 e.